The smallest absolute Gasteiger partial charge is 0.296 e. The van der Waals surface area contributed by atoms with E-state index < -0.39 is 52.5 Å². The van der Waals surface area contributed by atoms with Gasteiger partial charge in [-0.1, -0.05) is 48.1 Å². The number of aromatic nitrogens is 3. The first-order valence-electron chi connectivity index (χ1n) is 20.6. The third-order valence-electron chi connectivity index (χ3n) is 10.4. The van der Waals surface area contributed by atoms with Gasteiger partial charge in [-0.25, -0.2) is 9.97 Å². The number of nitrogens with zero attached hydrogens (tertiary/aromatic N) is 10. The number of aliphatic hydroxyl groups is 1. The summed E-state index contributed by atoms with van der Waals surface area (Å²) in [6.07, 6.45) is 0.597. The van der Waals surface area contributed by atoms with Crippen molar-refractivity contribution < 1.29 is 53.9 Å². The van der Waals surface area contributed by atoms with Crippen LogP contribution in [0.15, 0.2) is 118 Å². The molecule has 0 aliphatic rings. The molecular formula is C43H35ClN10O12S5. The number of hydrogen-bond donors (Lipinski definition) is 5. The van der Waals surface area contributed by atoms with Gasteiger partial charge in [0, 0.05) is 27.5 Å². The summed E-state index contributed by atoms with van der Waals surface area (Å²) in [5.74, 6) is -0.542. The number of azo groups is 3. The fourth-order valence-electron chi connectivity index (χ4n) is 7.11. The molecule has 28 heteroatoms. The zero-order valence-corrected chi connectivity index (χ0v) is 41.5. The van der Waals surface area contributed by atoms with Crippen LogP contribution in [0.5, 0.6) is 11.6 Å². The van der Waals surface area contributed by atoms with Crippen molar-refractivity contribution in [2.75, 3.05) is 18.1 Å². The average Bonchev–Trinajstić information content (AvgIpc) is 3.93. The quantitative estimate of drug-likeness (QED) is 0.0245. The van der Waals surface area contributed by atoms with E-state index in [1.807, 2.05) is 6.92 Å². The highest BCUT2D eigenvalue weighted by molar-refractivity contribution is 7.99. The first kappa shape index (κ1) is 50.8. The van der Waals surface area contributed by atoms with Crippen molar-refractivity contribution >= 4 is 136 Å². The first-order chi connectivity index (χ1) is 33.7. The van der Waals surface area contributed by atoms with Crippen LogP contribution in [0.3, 0.4) is 0 Å². The lowest BCUT2D eigenvalue weighted by molar-refractivity contribution is 0.282. The summed E-state index contributed by atoms with van der Waals surface area (Å²) in [5.41, 5.74) is 2.19. The minimum absolute atomic E-state index is 0.00537. The highest BCUT2D eigenvalue weighted by atomic mass is 35.5. The van der Waals surface area contributed by atoms with Crippen LogP contribution in [0.1, 0.15) is 36.5 Å². The number of aliphatic hydroxyl groups excluding tert-OH is 1. The third-order valence-corrected chi connectivity index (χ3v) is 15.4. The second-order valence-electron chi connectivity index (χ2n) is 15.2. The summed E-state index contributed by atoms with van der Waals surface area (Å²) in [6.45, 7) is 3.09. The molecule has 71 heavy (non-hydrogen) atoms. The number of thioether (sulfide) groups is 1. The monoisotopic (exact) mass is 1080 g/mol. The van der Waals surface area contributed by atoms with Crippen LogP contribution in [0.2, 0.25) is 5.02 Å². The van der Waals surface area contributed by atoms with Gasteiger partial charge in [0.05, 0.1) is 56.0 Å². The van der Waals surface area contributed by atoms with E-state index in [0.717, 1.165) is 41.3 Å². The Kier molecular flexibility index (Phi) is 14.5. The largest absolute Gasteiger partial charge is 0.493 e. The number of rotatable bonds is 17. The van der Waals surface area contributed by atoms with Crippen LogP contribution in [0.25, 0.3) is 37.7 Å². The molecule has 0 bridgehead atoms. The normalized spacial score (nSPS) is 12.8. The Morgan fingerprint density at radius 1 is 0.859 bits per heavy atom. The Balaban J connectivity index is 1.17. The van der Waals surface area contributed by atoms with Crippen molar-refractivity contribution in [3.8, 4) is 17.7 Å². The highest BCUT2D eigenvalue weighted by Gasteiger charge is 2.24. The molecule has 8 aromatic rings. The van der Waals surface area contributed by atoms with Gasteiger partial charge >= 0.3 is 0 Å². The van der Waals surface area contributed by atoms with Gasteiger partial charge in [-0.3, -0.25) is 18.1 Å². The van der Waals surface area contributed by atoms with E-state index in [1.54, 1.807) is 31.2 Å². The maximum Gasteiger partial charge on any atom is 0.296 e. The molecule has 0 aliphatic carbocycles. The van der Waals surface area contributed by atoms with Gasteiger partial charge < -0.3 is 14.9 Å². The van der Waals surface area contributed by atoms with Gasteiger partial charge in [-0.05, 0) is 79.4 Å². The molecular weight excluding hydrogens is 1040 g/mol. The number of imidazole rings is 1. The predicted octanol–water partition coefficient (Wildman–Crippen LogP) is 11.2. The van der Waals surface area contributed by atoms with E-state index in [0.29, 0.717) is 27.9 Å². The van der Waals surface area contributed by atoms with E-state index in [1.165, 1.54) is 34.7 Å². The Morgan fingerprint density at radius 3 is 2.30 bits per heavy atom. The number of para-hydroxylation sites is 2. The van der Waals surface area contributed by atoms with Crippen molar-refractivity contribution in [1.82, 2.24) is 14.4 Å². The Hall–Kier alpha value is -6.58. The van der Waals surface area contributed by atoms with Gasteiger partial charge in [-0.15, -0.1) is 42.4 Å². The molecule has 5 aromatic carbocycles. The number of hydrogen-bond acceptors (Lipinski definition) is 20. The second-order valence-corrected chi connectivity index (χ2v) is 22.1. The molecule has 0 spiro atoms. The molecule has 0 unspecified atom stereocenters. The van der Waals surface area contributed by atoms with E-state index in [2.05, 4.69) is 46.7 Å². The fraction of sp³-hybridized carbons (Fsp3) is 0.186. The molecule has 0 saturated carbocycles. The Bertz CT molecular complexity index is 3970. The molecule has 8 rings (SSSR count). The first-order valence-corrected chi connectivity index (χ1v) is 27.3. The summed E-state index contributed by atoms with van der Waals surface area (Å²) in [4.78, 5) is 8.03. The van der Waals surface area contributed by atoms with Gasteiger partial charge in [0.2, 0.25) is 11.0 Å². The lowest BCUT2D eigenvalue weighted by Crippen LogP contribution is -2.04. The summed E-state index contributed by atoms with van der Waals surface area (Å²) in [6, 6.07) is 19.5. The minimum atomic E-state index is -4.87. The molecule has 0 radical (unpaired) electrons. The second kappa shape index (κ2) is 20.3. The Morgan fingerprint density at radius 2 is 1.59 bits per heavy atom. The van der Waals surface area contributed by atoms with Gasteiger partial charge in [0.15, 0.2) is 11.3 Å². The molecule has 22 nitrogen and oxygen atoms in total. The molecule has 0 amide bonds. The van der Waals surface area contributed by atoms with E-state index >= 15 is 0 Å². The fourth-order valence-corrected chi connectivity index (χ4v) is 11.1. The zero-order chi connectivity index (χ0) is 51.0. The minimum Gasteiger partial charge on any atom is -0.493 e. The molecule has 5 N–H and O–H groups in total. The van der Waals surface area contributed by atoms with Crippen LogP contribution in [0, 0.1) is 18.3 Å². The molecule has 3 aromatic heterocycles. The molecule has 0 atom stereocenters. The predicted molar refractivity (Wildman–Crippen MR) is 264 cm³/mol. The van der Waals surface area contributed by atoms with Gasteiger partial charge in [0.25, 0.3) is 30.4 Å². The van der Waals surface area contributed by atoms with Crippen LogP contribution >= 0.6 is 34.7 Å². The number of halogens is 1. The molecule has 0 saturated heterocycles. The number of thiazole rings is 1. The summed E-state index contributed by atoms with van der Waals surface area (Å²) >= 11 is 8.64. The van der Waals surface area contributed by atoms with E-state index in [-0.39, 0.29) is 107 Å². The number of benzene rings is 5. The lowest BCUT2D eigenvalue weighted by atomic mass is 10.1. The van der Waals surface area contributed by atoms with Crippen molar-refractivity contribution in [1.29, 1.82) is 5.26 Å². The molecule has 3 heterocycles. The van der Waals surface area contributed by atoms with E-state index in [4.69, 9.17) is 16.3 Å². The maximum atomic E-state index is 12.4. The zero-order valence-electron chi connectivity index (χ0n) is 36.7. The van der Waals surface area contributed by atoms with Crippen LogP contribution < -0.4 is 4.74 Å². The number of aromatic hydroxyl groups is 1. The average molecular weight is 1080 g/mol. The van der Waals surface area contributed by atoms with Crippen molar-refractivity contribution in [2.24, 2.45) is 30.7 Å². The van der Waals surface area contributed by atoms with Crippen LogP contribution in [0.4, 0.5) is 33.6 Å². The van der Waals surface area contributed by atoms with Crippen molar-refractivity contribution in [3.63, 3.8) is 0 Å². The number of nitriles is 1. The van der Waals surface area contributed by atoms with Crippen LogP contribution in [-0.4, -0.2) is 81.6 Å². The topological polar surface area (TPSA) is 341 Å². The molecule has 0 fully saturated rings. The van der Waals surface area contributed by atoms with Gasteiger partial charge in [0.1, 0.15) is 39.2 Å². The summed E-state index contributed by atoms with van der Waals surface area (Å²) < 4.78 is 108. The lowest BCUT2D eigenvalue weighted by Gasteiger charge is -2.11. The van der Waals surface area contributed by atoms with Crippen LogP contribution in [-0.2, 0) is 37.0 Å². The highest BCUT2D eigenvalue weighted by Crippen LogP contribution is 2.45. The van der Waals surface area contributed by atoms with Crippen molar-refractivity contribution in [3.05, 3.63) is 94.5 Å². The Labute approximate surface area is 416 Å². The maximum absolute atomic E-state index is 12.4. The molecule has 0 aliphatic heterocycles. The third kappa shape index (κ3) is 10.9. The number of fused-ring (bicyclic) bond motifs is 6. The standard InChI is InChI=1S/C43H35ClN10O12S5/c1-3-11-66-35-18-31(49-52-38-22(2)27(20-45)41-46-29-7-4-5-8-34(29)54(41)42(38)56)28(44)17-32(35)50-51-33-14-24(21-55)30(19-36(33)67-12-6-13-69(57,58)59)48-53-43-47-39-37(71(63,64)65)15-23-9-10-25(70(60,61)62)16-26(23)40(39)68-43/h4-5,7-10,14-19,55-56H,3,6,11-13,21H2,1-2H3,(H,57,58,59)(H,60,61,62)(H,63,64,65). The van der Waals surface area contributed by atoms with Gasteiger partial charge in [-0.2, -0.15) is 30.5 Å². The van der Waals surface area contributed by atoms with E-state index in [9.17, 15) is 54.4 Å². The number of ether oxygens (including phenoxy) is 1. The van der Waals surface area contributed by atoms with Crippen molar-refractivity contribution in [2.45, 2.75) is 48.0 Å². The summed E-state index contributed by atoms with van der Waals surface area (Å²) in [5, 5.41) is 58.2. The molecule has 366 valence electrons. The number of pyridine rings is 1. The summed E-state index contributed by atoms with van der Waals surface area (Å²) in [7, 11) is -13.8. The SMILES string of the molecule is CCCOc1cc(N=Nc2c(C)c(C#N)c3nc4ccccc4n3c2O)c(Cl)cc1N=Nc1cc(CO)c(N=Nc2nc3c(S(=O)(=O)O)cc4ccc(S(=O)(=O)O)cc4c3s2)cc1SCCCS(=O)(=O)O.